The van der Waals surface area contributed by atoms with E-state index in [1.165, 1.54) is 0 Å². The van der Waals surface area contributed by atoms with Gasteiger partial charge in [-0.3, -0.25) is 4.79 Å². The van der Waals surface area contributed by atoms with Gasteiger partial charge in [0, 0.05) is 30.3 Å². The average molecular weight is 317 g/mol. The van der Waals surface area contributed by atoms with Gasteiger partial charge in [-0.05, 0) is 35.9 Å². The van der Waals surface area contributed by atoms with E-state index in [-0.39, 0.29) is 12.5 Å². The van der Waals surface area contributed by atoms with Crippen molar-refractivity contribution in [2.75, 3.05) is 25.0 Å². The SMILES string of the molecule is O=C(COc1ccc(Cl)cc1)N1CCNc2ccccc2C1. The molecule has 1 aliphatic heterocycles. The lowest BCUT2D eigenvalue weighted by Crippen LogP contribution is -2.36. The van der Waals surface area contributed by atoms with E-state index in [1.807, 2.05) is 29.2 Å². The number of benzene rings is 2. The minimum atomic E-state index is -0.0200. The van der Waals surface area contributed by atoms with Gasteiger partial charge in [0.25, 0.3) is 5.91 Å². The molecule has 0 aromatic heterocycles. The Labute approximate surface area is 134 Å². The highest BCUT2D eigenvalue weighted by Gasteiger charge is 2.18. The van der Waals surface area contributed by atoms with Crippen molar-refractivity contribution >= 4 is 23.2 Å². The third-order valence-electron chi connectivity index (χ3n) is 3.60. The number of hydrogen-bond acceptors (Lipinski definition) is 3. The normalized spacial score (nSPS) is 13.8. The maximum absolute atomic E-state index is 12.3. The molecule has 0 saturated carbocycles. The van der Waals surface area contributed by atoms with Crippen molar-refractivity contribution in [1.29, 1.82) is 0 Å². The fourth-order valence-corrected chi connectivity index (χ4v) is 2.55. The maximum Gasteiger partial charge on any atom is 0.260 e. The van der Waals surface area contributed by atoms with Crippen molar-refractivity contribution in [3.63, 3.8) is 0 Å². The van der Waals surface area contributed by atoms with E-state index in [2.05, 4.69) is 5.32 Å². The zero-order chi connectivity index (χ0) is 15.4. The molecular formula is C17H17ClN2O2. The number of hydrogen-bond donors (Lipinski definition) is 1. The van der Waals surface area contributed by atoms with Crippen LogP contribution in [0.25, 0.3) is 0 Å². The van der Waals surface area contributed by atoms with Crippen molar-refractivity contribution in [3.05, 3.63) is 59.1 Å². The van der Waals surface area contributed by atoms with Crippen LogP contribution < -0.4 is 10.1 Å². The first kappa shape index (κ1) is 14.7. The predicted molar refractivity (Wildman–Crippen MR) is 87.3 cm³/mol. The van der Waals surface area contributed by atoms with Crippen LogP contribution in [-0.4, -0.2) is 30.5 Å². The molecule has 4 nitrogen and oxygen atoms in total. The minimum absolute atomic E-state index is 0.0200. The second-order valence-corrected chi connectivity index (χ2v) is 5.58. The molecule has 22 heavy (non-hydrogen) atoms. The number of halogens is 1. The van der Waals surface area contributed by atoms with Crippen LogP contribution in [0, 0.1) is 0 Å². The van der Waals surface area contributed by atoms with E-state index in [9.17, 15) is 4.79 Å². The van der Waals surface area contributed by atoms with E-state index < -0.39 is 0 Å². The Morgan fingerprint density at radius 2 is 1.95 bits per heavy atom. The van der Waals surface area contributed by atoms with Crippen LogP contribution in [0.1, 0.15) is 5.56 Å². The number of para-hydroxylation sites is 1. The van der Waals surface area contributed by atoms with Gasteiger partial charge in [0.2, 0.25) is 0 Å². The summed E-state index contributed by atoms with van der Waals surface area (Å²) in [6.45, 7) is 2.04. The van der Waals surface area contributed by atoms with Crippen molar-refractivity contribution in [2.24, 2.45) is 0 Å². The second-order valence-electron chi connectivity index (χ2n) is 5.14. The summed E-state index contributed by atoms with van der Waals surface area (Å²) in [6.07, 6.45) is 0. The Morgan fingerprint density at radius 3 is 2.77 bits per heavy atom. The molecule has 2 aromatic rings. The number of amides is 1. The minimum Gasteiger partial charge on any atom is -0.484 e. The van der Waals surface area contributed by atoms with Gasteiger partial charge in [0.1, 0.15) is 5.75 Å². The first-order valence-corrected chi connectivity index (χ1v) is 7.58. The zero-order valence-corrected chi connectivity index (χ0v) is 12.8. The Bertz CT molecular complexity index is 658. The molecule has 3 rings (SSSR count). The standard InChI is InChI=1S/C17H17ClN2O2/c18-14-5-7-15(8-6-14)22-12-17(21)20-10-9-19-16-4-2-1-3-13(16)11-20/h1-8,19H,9-12H2. The summed E-state index contributed by atoms with van der Waals surface area (Å²) in [7, 11) is 0. The number of ether oxygens (including phenoxy) is 1. The van der Waals surface area contributed by atoms with Crippen LogP contribution in [0.3, 0.4) is 0 Å². The average Bonchev–Trinajstić information content (AvgIpc) is 2.76. The highest BCUT2D eigenvalue weighted by atomic mass is 35.5. The van der Waals surface area contributed by atoms with Crippen LogP contribution in [0.15, 0.2) is 48.5 Å². The molecule has 1 N–H and O–H groups in total. The molecule has 1 aliphatic rings. The Balaban J connectivity index is 1.61. The van der Waals surface area contributed by atoms with Gasteiger partial charge in [-0.1, -0.05) is 29.8 Å². The molecule has 2 aromatic carbocycles. The number of carbonyl (C=O) groups excluding carboxylic acids is 1. The Morgan fingerprint density at radius 1 is 1.18 bits per heavy atom. The molecule has 0 aliphatic carbocycles. The zero-order valence-electron chi connectivity index (χ0n) is 12.1. The molecule has 114 valence electrons. The van der Waals surface area contributed by atoms with Crippen LogP contribution in [-0.2, 0) is 11.3 Å². The van der Waals surface area contributed by atoms with Gasteiger partial charge in [0.15, 0.2) is 6.61 Å². The van der Waals surface area contributed by atoms with E-state index in [1.54, 1.807) is 24.3 Å². The highest BCUT2D eigenvalue weighted by molar-refractivity contribution is 6.30. The van der Waals surface area contributed by atoms with E-state index in [0.29, 0.717) is 23.9 Å². The first-order valence-electron chi connectivity index (χ1n) is 7.20. The number of rotatable bonds is 3. The molecule has 1 amide bonds. The molecular weight excluding hydrogens is 300 g/mol. The molecule has 0 fully saturated rings. The van der Waals surface area contributed by atoms with Gasteiger partial charge in [0.05, 0.1) is 0 Å². The Hall–Kier alpha value is -2.20. The fourth-order valence-electron chi connectivity index (χ4n) is 2.42. The topological polar surface area (TPSA) is 41.6 Å². The lowest BCUT2D eigenvalue weighted by Gasteiger charge is -2.20. The number of nitrogens with zero attached hydrogens (tertiary/aromatic N) is 1. The van der Waals surface area contributed by atoms with Gasteiger partial charge in [-0.25, -0.2) is 0 Å². The summed E-state index contributed by atoms with van der Waals surface area (Å²) in [4.78, 5) is 14.2. The second kappa shape index (κ2) is 6.71. The number of anilines is 1. The van der Waals surface area contributed by atoms with E-state index in [4.69, 9.17) is 16.3 Å². The summed E-state index contributed by atoms with van der Waals surface area (Å²) >= 11 is 5.82. The largest absolute Gasteiger partial charge is 0.484 e. The first-order chi connectivity index (χ1) is 10.7. The predicted octanol–water partition coefficient (Wildman–Crippen LogP) is 3.17. The van der Waals surface area contributed by atoms with Gasteiger partial charge in [-0.2, -0.15) is 0 Å². The summed E-state index contributed by atoms with van der Waals surface area (Å²) in [6, 6.07) is 15.1. The van der Waals surface area contributed by atoms with Crippen LogP contribution >= 0.6 is 11.6 Å². The van der Waals surface area contributed by atoms with Crippen molar-refractivity contribution < 1.29 is 9.53 Å². The van der Waals surface area contributed by atoms with E-state index in [0.717, 1.165) is 17.8 Å². The highest BCUT2D eigenvalue weighted by Crippen LogP contribution is 2.20. The Kier molecular flexibility index (Phi) is 4.49. The number of carbonyl (C=O) groups is 1. The van der Waals surface area contributed by atoms with Crippen LogP contribution in [0.5, 0.6) is 5.75 Å². The molecule has 1 heterocycles. The summed E-state index contributed by atoms with van der Waals surface area (Å²) in [5, 5.41) is 3.99. The van der Waals surface area contributed by atoms with Gasteiger partial charge >= 0.3 is 0 Å². The lowest BCUT2D eigenvalue weighted by atomic mass is 10.2. The molecule has 0 unspecified atom stereocenters. The fraction of sp³-hybridized carbons (Fsp3) is 0.235. The molecule has 0 saturated heterocycles. The molecule has 0 radical (unpaired) electrons. The van der Waals surface area contributed by atoms with Crippen LogP contribution in [0.2, 0.25) is 5.02 Å². The maximum atomic E-state index is 12.3. The third kappa shape index (κ3) is 3.52. The van der Waals surface area contributed by atoms with E-state index >= 15 is 0 Å². The van der Waals surface area contributed by atoms with Gasteiger partial charge < -0.3 is 15.0 Å². The quantitative estimate of drug-likeness (QED) is 0.945. The van der Waals surface area contributed by atoms with Crippen molar-refractivity contribution in [2.45, 2.75) is 6.54 Å². The van der Waals surface area contributed by atoms with Gasteiger partial charge in [-0.15, -0.1) is 0 Å². The third-order valence-corrected chi connectivity index (χ3v) is 3.86. The smallest absolute Gasteiger partial charge is 0.260 e. The van der Waals surface area contributed by atoms with Crippen molar-refractivity contribution in [1.82, 2.24) is 4.90 Å². The monoisotopic (exact) mass is 316 g/mol. The van der Waals surface area contributed by atoms with Crippen molar-refractivity contribution in [3.8, 4) is 5.75 Å². The number of fused-ring (bicyclic) bond motifs is 1. The molecule has 0 spiro atoms. The lowest BCUT2D eigenvalue weighted by molar-refractivity contribution is -0.133. The van der Waals surface area contributed by atoms with Crippen LogP contribution in [0.4, 0.5) is 5.69 Å². The molecule has 0 bridgehead atoms. The molecule has 5 heteroatoms. The number of nitrogens with one attached hydrogen (secondary N) is 1. The summed E-state index contributed by atoms with van der Waals surface area (Å²) < 4.78 is 5.53. The summed E-state index contributed by atoms with van der Waals surface area (Å²) in [5.74, 6) is 0.625. The summed E-state index contributed by atoms with van der Waals surface area (Å²) in [5.41, 5.74) is 2.22. The molecule has 0 atom stereocenters.